The van der Waals surface area contributed by atoms with E-state index >= 15 is 0 Å². The molecule has 0 amide bonds. The van der Waals surface area contributed by atoms with E-state index in [1.54, 1.807) is 0 Å². The summed E-state index contributed by atoms with van der Waals surface area (Å²) in [6.45, 7) is 12.9. The van der Waals surface area contributed by atoms with Crippen LogP contribution in [0.4, 0.5) is 0 Å². The van der Waals surface area contributed by atoms with Crippen LogP contribution < -0.4 is 5.32 Å². The van der Waals surface area contributed by atoms with E-state index in [2.05, 4.69) is 39.9 Å². The maximum absolute atomic E-state index is 3.76. The molecule has 1 aliphatic rings. The molecular weight excluding hydrogens is 218 g/mol. The van der Waals surface area contributed by atoms with Gasteiger partial charge in [-0.1, -0.05) is 41.0 Å². The van der Waals surface area contributed by atoms with E-state index in [0.29, 0.717) is 0 Å². The highest BCUT2D eigenvalue weighted by molar-refractivity contribution is 4.83. The fraction of sp³-hybridized carbons (Fsp3) is 1.00. The average Bonchev–Trinajstić information content (AvgIpc) is 2.38. The van der Waals surface area contributed by atoms with Crippen LogP contribution in [0.3, 0.4) is 0 Å². The SMILES string of the molecule is CCNC(CC(C)CC)C1CCC(C(C)C)CC1. The second-order valence-electron chi connectivity index (χ2n) is 6.83. The third kappa shape index (κ3) is 4.91. The van der Waals surface area contributed by atoms with Gasteiger partial charge in [-0.3, -0.25) is 0 Å². The van der Waals surface area contributed by atoms with Gasteiger partial charge < -0.3 is 5.32 Å². The maximum Gasteiger partial charge on any atom is 0.00977 e. The molecule has 1 rings (SSSR count). The summed E-state index contributed by atoms with van der Waals surface area (Å²) < 4.78 is 0. The lowest BCUT2D eigenvalue weighted by atomic mass is 9.73. The fourth-order valence-electron chi connectivity index (χ4n) is 3.52. The molecule has 1 aliphatic carbocycles. The lowest BCUT2D eigenvalue weighted by Crippen LogP contribution is -2.39. The largest absolute Gasteiger partial charge is 0.314 e. The van der Waals surface area contributed by atoms with E-state index in [1.165, 1.54) is 38.5 Å². The van der Waals surface area contributed by atoms with Gasteiger partial charge in [0.2, 0.25) is 0 Å². The first-order valence-corrected chi connectivity index (χ1v) is 8.31. The Morgan fingerprint density at radius 3 is 1.94 bits per heavy atom. The monoisotopic (exact) mass is 253 g/mol. The minimum Gasteiger partial charge on any atom is -0.314 e. The smallest absolute Gasteiger partial charge is 0.00977 e. The first-order valence-electron chi connectivity index (χ1n) is 8.31. The zero-order chi connectivity index (χ0) is 13.5. The van der Waals surface area contributed by atoms with E-state index in [0.717, 1.165) is 36.3 Å². The predicted molar refractivity (Wildman–Crippen MR) is 81.8 cm³/mol. The second-order valence-corrected chi connectivity index (χ2v) is 6.83. The third-order valence-electron chi connectivity index (χ3n) is 5.15. The molecule has 0 aliphatic heterocycles. The Labute approximate surface area is 115 Å². The van der Waals surface area contributed by atoms with Gasteiger partial charge in [0, 0.05) is 6.04 Å². The first kappa shape index (κ1) is 16.0. The minimum atomic E-state index is 0.776. The van der Waals surface area contributed by atoms with Gasteiger partial charge in [0.15, 0.2) is 0 Å². The summed E-state index contributed by atoms with van der Waals surface area (Å²) >= 11 is 0. The lowest BCUT2D eigenvalue weighted by molar-refractivity contribution is 0.175. The fourth-order valence-corrected chi connectivity index (χ4v) is 3.52. The molecule has 0 heterocycles. The van der Waals surface area contributed by atoms with Gasteiger partial charge in [-0.15, -0.1) is 0 Å². The van der Waals surface area contributed by atoms with Crippen molar-refractivity contribution in [3.05, 3.63) is 0 Å². The van der Waals surface area contributed by atoms with Crippen molar-refractivity contribution in [3.8, 4) is 0 Å². The van der Waals surface area contributed by atoms with Gasteiger partial charge in [0.05, 0.1) is 0 Å². The standard InChI is InChI=1S/C17H35N/c1-6-14(5)12-17(18-7-2)16-10-8-15(9-11-16)13(3)4/h13-18H,6-12H2,1-5H3. The van der Waals surface area contributed by atoms with Crippen LogP contribution in [0.25, 0.3) is 0 Å². The predicted octanol–water partition coefficient (Wildman–Crippen LogP) is 4.86. The van der Waals surface area contributed by atoms with Crippen LogP contribution in [0.1, 0.15) is 73.1 Å². The highest BCUT2D eigenvalue weighted by Crippen LogP contribution is 2.36. The average molecular weight is 253 g/mol. The summed E-state index contributed by atoms with van der Waals surface area (Å²) in [6, 6.07) is 0.776. The Bertz CT molecular complexity index is 204. The van der Waals surface area contributed by atoms with Gasteiger partial charge in [0.25, 0.3) is 0 Å². The number of rotatable bonds is 7. The van der Waals surface area contributed by atoms with Crippen LogP contribution >= 0.6 is 0 Å². The van der Waals surface area contributed by atoms with E-state index in [1.807, 2.05) is 0 Å². The van der Waals surface area contributed by atoms with Crippen LogP contribution in [0.15, 0.2) is 0 Å². The molecule has 0 bridgehead atoms. The van der Waals surface area contributed by atoms with Crippen molar-refractivity contribution < 1.29 is 0 Å². The summed E-state index contributed by atoms with van der Waals surface area (Å²) in [5, 5.41) is 3.76. The summed E-state index contributed by atoms with van der Waals surface area (Å²) in [4.78, 5) is 0. The van der Waals surface area contributed by atoms with E-state index in [4.69, 9.17) is 0 Å². The first-order chi connectivity index (χ1) is 8.58. The van der Waals surface area contributed by atoms with Gasteiger partial charge in [-0.2, -0.15) is 0 Å². The summed E-state index contributed by atoms with van der Waals surface area (Å²) in [7, 11) is 0. The van der Waals surface area contributed by atoms with Crippen LogP contribution in [0, 0.1) is 23.7 Å². The van der Waals surface area contributed by atoms with Gasteiger partial charge in [-0.25, -0.2) is 0 Å². The van der Waals surface area contributed by atoms with Crippen LogP contribution in [-0.4, -0.2) is 12.6 Å². The highest BCUT2D eigenvalue weighted by Gasteiger charge is 2.28. The lowest BCUT2D eigenvalue weighted by Gasteiger charge is -2.36. The quantitative estimate of drug-likeness (QED) is 0.683. The number of hydrogen-bond acceptors (Lipinski definition) is 1. The number of nitrogens with one attached hydrogen (secondary N) is 1. The van der Waals surface area contributed by atoms with Crippen molar-refractivity contribution >= 4 is 0 Å². The molecule has 1 saturated carbocycles. The van der Waals surface area contributed by atoms with Crippen LogP contribution in [0.2, 0.25) is 0 Å². The van der Waals surface area contributed by atoms with Crippen LogP contribution in [-0.2, 0) is 0 Å². The van der Waals surface area contributed by atoms with Crippen molar-refractivity contribution in [1.82, 2.24) is 5.32 Å². The highest BCUT2D eigenvalue weighted by atomic mass is 14.9. The minimum absolute atomic E-state index is 0.776. The summed E-state index contributed by atoms with van der Waals surface area (Å²) in [6.07, 6.45) is 8.54. The van der Waals surface area contributed by atoms with Gasteiger partial charge in [0.1, 0.15) is 0 Å². The topological polar surface area (TPSA) is 12.0 Å². The maximum atomic E-state index is 3.76. The van der Waals surface area contributed by atoms with E-state index in [-0.39, 0.29) is 0 Å². The molecule has 0 spiro atoms. The Morgan fingerprint density at radius 1 is 0.944 bits per heavy atom. The Morgan fingerprint density at radius 2 is 1.50 bits per heavy atom. The van der Waals surface area contributed by atoms with Crippen molar-refractivity contribution in [1.29, 1.82) is 0 Å². The Hall–Kier alpha value is -0.0400. The molecule has 1 nitrogen and oxygen atoms in total. The molecule has 2 unspecified atom stereocenters. The van der Waals surface area contributed by atoms with Crippen molar-refractivity contribution in [2.24, 2.45) is 23.7 Å². The Kier molecular flexibility index (Phi) is 7.29. The summed E-state index contributed by atoms with van der Waals surface area (Å²) in [5.74, 6) is 3.69. The molecule has 1 N–H and O–H groups in total. The third-order valence-corrected chi connectivity index (χ3v) is 5.15. The molecule has 108 valence electrons. The molecule has 0 radical (unpaired) electrons. The Balaban J connectivity index is 2.44. The zero-order valence-electron chi connectivity index (χ0n) is 13.3. The van der Waals surface area contributed by atoms with Crippen LogP contribution in [0.5, 0.6) is 0 Å². The molecule has 2 atom stereocenters. The summed E-state index contributed by atoms with van der Waals surface area (Å²) in [5.41, 5.74) is 0. The molecule has 18 heavy (non-hydrogen) atoms. The zero-order valence-corrected chi connectivity index (χ0v) is 13.3. The molecule has 0 aromatic rings. The van der Waals surface area contributed by atoms with Crippen molar-refractivity contribution in [3.63, 3.8) is 0 Å². The number of hydrogen-bond donors (Lipinski definition) is 1. The molecule has 0 saturated heterocycles. The molecule has 0 aromatic carbocycles. The van der Waals surface area contributed by atoms with E-state index < -0.39 is 0 Å². The normalized spacial score (nSPS) is 28.3. The van der Waals surface area contributed by atoms with Gasteiger partial charge >= 0.3 is 0 Å². The van der Waals surface area contributed by atoms with Crippen molar-refractivity contribution in [2.45, 2.75) is 79.2 Å². The van der Waals surface area contributed by atoms with Crippen molar-refractivity contribution in [2.75, 3.05) is 6.54 Å². The van der Waals surface area contributed by atoms with Gasteiger partial charge in [-0.05, 0) is 62.3 Å². The second kappa shape index (κ2) is 8.19. The molecular formula is C17H35N. The molecule has 1 fully saturated rings. The molecule has 1 heteroatoms. The molecule has 0 aromatic heterocycles. The van der Waals surface area contributed by atoms with E-state index in [9.17, 15) is 0 Å².